The molecule has 1 aliphatic heterocycles. The summed E-state index contributed by atoms with van der Waals surface area (Å²) in [5.41, 5.74) is 2.65. The lowest BCUT2D eigenvalue weighted by atomic mass is 10.0. The lowest BCUT2D eigenvalue weighted by molar-refractivity contribution is 0.403. The van der Waals surface area contributed by atoms with E-state index in [1.54, 1.807) is 0 Å². The predicted molar refractivity (Wildman–Crippen MR) is 90.2 cm³/mol. The van der Waals surface area contributed by atoms with Gasteiger partial charge in [-0.15, -0.1) is 0 Å². The number of anilines is 1. The quantitative estimate of drug-likeness (QED) is 0.929. The van der Waals surface area contributed by atoms with Crippen molar-refractivity contribution in [3.63, 3.8) is 0 Å². The van der Waals surface area contributed by atoms with E-state index < -0.39 is 0 Å². The molecule has 1 aliphatic rings. The number of piperazine rings is 1. The summed E-state index contributed by atoms with van der Waals surface area (Å²) in [6.45, 7) is 4.30. The van der Waals surface area contributed by atoms with Crippen LogP contribution < -0.4 is 10.2 Å². The highest BCUT2D eigenvalue weighted by atomic mass is 35.5. The van der Waals surface area contributed by atoms with Crippen LogP contribution in [0, 0.1) is 0 Å². The summed E-state index contributed by atoms with van der Waals surface area (Å²) in [6.07, 6.45) is 1.07. The molecule has 2 atom stereocenters. The average molecular weight is 301 g/mol. The van der Waals surface area contributed by atoms with Crippen LogP contribution in [0.25, 0.3) is 0 Å². The van der Waals surface area contributed by atoms with E-state index >= 15 is 0 Å². The van der Waals surface area contributed by atoms with Crippen molar-refractivity contribution in [3.05, 3.63) is 65.2 Å². The molecule has 21 heavy (non-hydrogen) atoms. The summed E-state index contributed by atoms with van der Waals surface area (Å²) in [7, 11) is 0. The van der Waals surface area contributed by atoms with Crippen LogP contribution in [0.2, 0.25) is 5.02 Å². The van der Waals surface area contributed by atoms with Crippen LogP contribution in [0.1, 0.15) is 12.5 Å². The van der Waals surface area contributed by atoms with Crippen molar-refractivity contribution in [1.29, 1.82) is 0 Å². The summed E-state index contributed by atoms with van der Waals surface area (Å²) in [5.74, 6) is 0. The lowest BCUT2D eigenvalue weighted by Gasteiger charge is -2.40. The van der Waals surface area contributed by atoms with Crippen LogP contribution >= 0.6 is 11.6 Å². The van der Waals surface area contributed by atoms with Gasteiger partial charge in [0.05, 0.1) is 0 Å². The highest BCUT2D eigenvalue weighted by Crippen LogP contribution is 2.22. The average Bonchev–Trinajstić information content (AvgIpc) is 2.51. The molecule has 0 radical (unpaired) electrons. The first-order chi connectivity index (χ1) is 10.2. The molecule has 0 amide bonds. The van der Waals surface area contributed by atoms with Crippen molar-refractivity contribution in [3.8, 4) is 0 Å². The van der Waals surface area contributed by atoms with E-state index in [1.165, 1.54) is 11.3 Å². The summed E-state index contributed by atoms with van der Waals surface area (Å²) in [5, 5.41) is 4.45. The van der Waals surface area contributed by atoms with E-state index in [0.717, 1.165) is 24.5 Å². The van der Waals surface area contributed by atoms with Gasteiger partial charge in [-0.2, -0.15) is 0 Å². The van der Waals surface area contributed by atoms with Crippen molar-refractivity contribution in [2.45, 2.75) is 25.4 Å². The van der Waals surface area contributed by atoms with E-state index in [-0.39, 0.29) is 0 Å². The Kier molecular flexibility index (Phi) is 4.47. The molecule has 0 bridgehead atoms. The van der Waals surface area contributed by atoms with Crippen LogP contribution in [0.15, 0.2) is 54.6 Å². The maximum Gasteiger partial charge on any atom is 0.0407 e. The number of nitrogens with zero attached hydrogens (tertiary/aromatic N) is 1. The topological polar surface area (TPSA) is 15.3 Å². The van der Waals surface area contributed by atoms with Crippen LogP contribution in [-0.4, -0.2) is 25.2 Å². The van der Waals surface area contributed by atoms with Crippen LogP contribution in [0.4, 0.5) is 5.69 Å². The maximum atomic E-state index is 5.99. The Morgan fingerprint density at radius 3 is 2.52 bits per heavy atom. The third kappa shape index (κ3) is 3.58. The highest BCUT2D eigenvalue weighted by molar-refractivity contribution is 6.30. The third-order valence-electron chi connectivity index (χ3n) is 4.13. The van der Waals surface area contributed by atoms with E-state index in [0.29, 0.717) is 12.1 Å². The molecule has 1 saturated heterocycles. The van der Waals surface area contributed by atoms with Gasteiger partial charge in [-0.05, 0) is 43.2 Å². The van der Waals surface area contributed by atoms with Crippen molar-refractivity contribution in [2.75, 3.05) is 18.0 Å². The van der Waals surface area contributed by atoms with E-state index in [2.05, 4.69) is 59.6 Å². The Morgan fingerprint density at radius 1 is 1.10 bits per heavy atom. The van der Waals surface area contributed by atoms with Gasteiger partial charge in [0.25, 0.3) is 0 Å². The fraction of sp³-hybridized carbons (Fsp3) is 0.333. The Labute approximate surface area is 131 Å². The summed E-state index contributed by atoms with van der Waals surface area (Å²) in [4.78, 5) is 2.47. The molecule has 2 aromatic rings. The van der Waals surface area contributed by atoms with Gasteiger partial charge in [-0.3, -0.25) is 0 Å². The second kappa shape index (κ2) is 6.50. The van der Waals surface area contributed by atoms with Gasteiger partial charge >= 0.3 is 0 Å². The van der Waals surface area contributed by atoms with Gasteiger partial charge in [-0.1, -0.05) is 41.9 Å². The molecule has 1 fully saturated rings. The second-order valence-electron chi connectivity index (χ2n) is 5.77. The molecule has 110 valence electrons. The zero-order valence-corrected chi connectivity index (χ0v) is 13.1. The summed E-state index contributed by atoms with van der Waals surface area (Å²) in [6, 6.07) is 19.8. The van der Waals surface area contributed by atoms with Crippen LogP contribution in [0.5, 0.6) is 0 Å². The number of rotatable bonds is 3. The lowest BCUT2D eigenvalue weighted by Crippen LogP contribution is -2.56. The molecule has 2 nitrogen and oxygen atoms in total. The zero-order valence-electron chi connectivity index (χ0n) is 12.3. The molecule has 3 rings (SSSR count). The number of nitrogens with one attached hydrogen (secondary N) is 1. The molecular formula is C18H21ClN2. The summed E-state index contributed by atoms with van der Waals surface area (Å²) >= 11 is 5.99. The van der Waals surface area contributed by atoms with Crippen molar-refractivity contribution < 1.29 is 0 Å². The fourth-order valence-electron chi connectivity index (χ4n) is 2.96. The highest BCUT2D eigenvalue weighted by Gasteiger charge is 2.25. The number of benzene rings is 2. The standard InChI is InChI=1S/C18H21ClN2/c1-14-12-20-17(11-15-5-3-2-4-6-15)13-21(14)18-9-7-16(19)8-10-18/h2-10,14,17,20H,11-13H2,1H3. The van der Waals surface area contributed by atoms with Gasteiger partial charge in [0.1, 0.15) is 0 Å². The van der Waals surface area contributed by atoms with Crippen LogP contribution in [0.3, 0.4) is 0 Å². The van der Waals surface area contributed by atoms with Gasteiger partial charge in [-0.25, -0.2) is 0 Å². The van der Waals surface area contributed by atoms with E-state index in [9.17, 15) is 0 Å². The molecule has 0 aromatic heterocycles. The molecule has 1 heterocycles. The molecule has 0 saturated carbocycles. The second-order valence-corrected chi connectivity index (χ2v) is 6.21. The third-order valence-corrected chi connectivity index (χ3v) is 4.39. The molecule has 1 N–H and O–H groups in total. The monoisotopic (exact) mass is 300 g/mol. The zero-order chi connectivity index (χ0) is 14.7. The van der Waals surface area contributed by atoms with E-state index in [1.807, 2.05) is 12.1 Å². The predicted octanol–water partition coefficient (Wildman–Crippen LogP) is 3.75. The first-order valence-electron chi connectivity index (χ1n) is 7.52. The van der Waals surface area contributed by atoms with Gasteiger partial charge < -0.3 is 10.2 Å². The van der Waals surface area contributed by atoms with Crippen molar-refractivity contribution >= 4 is 17.3 Å². The fourth-order valence-corrected chi connectivity index (χ4v) is 3.08. The SMILES string of the molecule is CC1CNC(Cc2ccccc2)CN1c1ccc(Cl)cc1. The molecule has 0 aliphatic carbocycles. The molecule has 3 heteroatoms. The molecule has 2 unspecified atom stereocenters. The minimum atomic E-state index is 0.485. The van der Waals surface area contributed by atoms with Gasteiger partial charge in [0.15, 0.2) is 0 Å². The molecule has 0 spiro atoms. The number of hydrogen-bond acceptors (Lipinski definition) is 2. The Hall–Kier alpha value is -1.51. The minimum Gasteiger partial charge on any atom is -0.366 e. The Balaban J connectivity index is 1.71. The van der Waals surface area contributed by atoms with Crippen molar-refractivity contribution in [2.24, 2.45) is 0 Å². The van der Waals surface area contributed by atoms with E-state index in [4.69, 9.17) is 11.6 Å². The minimum absolute atomic E-state index is 0.485. The van der Waals surface area contributed by atoms with Crippen LogP contribution in [-0.2, 0) is 6.42 Å². The smallest absolute Gasteiger partial charge is 0.0407 e. The first-order valence-corrected chi connectivity index (χ1v) is 7.89. The Morgan fingerprint density at radius 2 is 1.81 bits per heavy atom. The van der Waals surface area contributed by atoms with Crippen molar-refractivity contribution in [1.82, 2.24) is 5.32 Å². The molecule has 2 aromatic carbocycles. The van der Waals surface area contributed by atoms with Gasteiger partial charge in [0.2, 0.25) is 0 Å². The number of hydrogen-bond donors (Lipinski definition) is 1. The molecular weight excluding hydrogens is 280 g/mol. The largest absolute Gasteiger partial charge is 0.366 e. The van der Waals surface area contributed by atoms with Gasteiger partial charge in [0, 0.05) is 35.9 Å². The summed E-state index contributed by atoms with van der Waals surface area (Å²) < 4.78 is 0. The Bertz CT molecular complexity index is 568. The number of halogens is 1. The normalized spacial score (nSPS) is 22.3. The maximum absolute atomic E-state index is 5.99. The first kappa shape index (κ1) is 14.4.